The van der Waals surface area contributed by atoms with Gasteiger partial charge in [-0.15, -0.1) is 0 Å². The molecule has 0 atom stereocenters. The molecule has 0 aliphatic heterocycles. The van der Waals surface area contributed by atoms with Crippen LogP contribution in [-0.2, 0) is 4.79 Å². The monoisotopic (exact) mass is 283 g/mol. The molecule has 1 aromatic rings. The van der Waals surface area contributed by atoms with Crippen LogP contribution < -0.4 is 4.74 Å². The van der Waals surface area contributed by atoms with Gasteiger partial charge < -0.3 is 14.7 Å². The van der Waals surface area contributed by atoms with Gasteiger partial charge in [0.25, 0.3) is 0 Å². The minimum Gasteiger partial charge on any atom is -0.493 e. The number of aliphatic hydroxyl groups is 1. The first-order valence-corrected chi connectivity index (χ1v) is 6.70. The highest BCUT2D eigenvalue weighted by molar-refractivity contribution is 5.76. The molecule has 0 unspecified atom stereocenters. The van der Waals surface area contributed by atoms with Crippen LogP contribution in [0.1, 0.15) is 27.2 Å². The number of hydrogen-bond acceptors (Lipinski definition) is 3. The Balaban J connectivity index is 2.40. The third-order valence-corrected chi connectivity index (χ3v) is 2.71. The Labute approximate surface area is 119 Å². The van der Waals surface area contributed by atoms with Crippen molar-refractivity contribution in [1.29, 1.82) is 0 Å². The van der Waals surface area contributed by atoms with Crippen LogP contribution in [0.3, 0.4) is 0 Å². The third kappa shape index (κ3) is 6.02. The molecule has 20 heavy (non-hydrogen) atoms. The van der Waals surface area contributed by atoms with E-state index in [9.17, 15) is 14.3 Å². The number of amides is 1. The van der Waals surface area contributed by atoms with E-state index in [0.29, 0.717) is 18.8 Å². The summed E-state index contributed by atoms with van der Waals surface area (Å²) in [4.78, 5) is 13.6. The zero-order valence-corrected chi connectivity index (χ0v) is 12.2. The Kier molecular flexibility index (Phi) is 5.95. The lowest BCUT2D eigenvalue weighted by Crippen LogP contribution is -2.42. The SMILES string of the molecule is CCN(CC(C)(C)O)C(=O)CCOc1ccc(F)cc1. The predicted octanol–water partition coefficient (Wildman–Crippen LogP) is 2.21. The van der Waals surface area contributed by atoms with Gasteiger partial charge in [0.1, 0.15) is 11.6 Å². The molecule has 0 bridgehead atoms. The topological polar surface area (TPSA) is 49.8 Å². The molecular weight excluding hydrogens is 261 g/mol. The molecule has 1 N–H and O–H groups in total. The Morgan fingerprint density at radius 2 is 1.95 bits per heavy atom. The normalized spacial score (nSPS) is 11.2. The Bertz CT molecular complexity index is 426. The Morgan fingerprint density at radius 1 is 1.35 bits per heavy atom. The molecule has 0 heterocycles. The largest absolute Gasteiger partial charge is 0.493 e. The molecule has 112 valence electrons. The van der Waals surface area contributed by atoms with Crippen LogP contribution >= 0.6 is 0 Å². The van der Waals surface area contributed by atoms with Gasteiger partial charge in [-0.1, -0.05) is 0 Å². The second-order valence-corrected chi connectivity index (χ2v) is 5.27. The number of hydrogen-bond donors (Lipinski definition) is 1. The molecule has 0 fully saturated rings. The molecule has 1 aromatic carbocycles. The number of nitrogens with zero attached hydrogens (tertiary/aromatic N) is 1. The van der Waals surface area contributed by atoms with Crippen molar-refractivity contribution in [3.63, 3.8) is 0 Å². The lowest BCUT2D eigenvalue weighted by atomic mass is 10.1. The van der Waals surface area contributed by atoms with E-state index in [-0.39, 0.29) is 24.8 Å². The molecule has 0 aliphatic carbocycles. The van der Waals surface area contributed by atoms with Crippen molar-refractivity contribution < 1.29 is 19.0 Å². The van der Waals surface area contributed by atoms with Gasteiger partial charge in [-0.3, -0.25) is 4.79 Å². The summed E-state index contributed by atoms with van der Waals surface area (Å²) >= 11 is 0. The van der Waals surface area contributed by atoms with Crippen LogP contribution in [0, 0.1) is 5.82 Å². The molecule has 0 radical (unpaired) electrons. The average Bonchev–Trinajstić information content (AvgIpc) is 2.37. The number of likely N-dealkylation sites (N-methyl/N-ethyl adjacent to an activating group) is 1. The molecular formula is C15H22FNO3. The van der Waals surface area contributed by atoms with E-state index in [1.807, 2.05) is 6.92 Å². The lowest BCUT2D eigenvalue weighted by molar-refractivity contribution is -0.134. The standard InChI is InChI=1S/C15H22FNO3/c1-4-17(11-15(2,3)19)14(18)9-10-20-13-7-5-12(16)6-8-13/h5-8,19H,4,9-11H2,1-3H3. The Hall–Kier alpha value is -1.62. The van der Waals surface area contributed by atoms with Crippen LogP contribution in [0.5, 0.6) is 5.75 Å². The van der Waals surface area contributed by atoms with E-state index in [2.05, 4.69) is 0 Å². The molecule has 0 saturated carbocycles. The van der Waals surface area contributed by atoms with E-state index in [1.165, 1.54) is 24.3 Å². The number of carbonyl (C=O) groups is 1. The summed E-state index contributed by atoms with van der Waals surface area (Å²) < 4.78 is 18.1. The summed E-state index contributed by atoms with van der Waals surface area (Å²) in [5.41, 5.74) is -0.913. The highest BCUT2D eigenvalue weighted by Crippen LogP contribution is 2.12. The highest BCUT2D eigenvalue weighted by atomic mass is 19.1. The van der Waals surface area contributed by atoms with E-state index in [1.54, 1.807) is 18.7 Å². The molecule has 4 nitrogen and oxygen atoms in total. The number of ether oxygens (including phenoxy) is 1. The van der Waals surface area contributed by atoms with E-state index in [4.69, 9.17) is 4.74 Å². The molecule has 1 amide bonds. The molecule has 0 aromatic heterocycles. The van der Waals surface area contributed by atoms with Crippen LogP contribution in [0.4, 0.5) is 4.39 Å². The maximum Gasteiger partial charge on any atom is 0.226 e. The summed E-state index contributed by atoms with van der Waals surface area (Å²) in [5.74, 6) is 0.136. The van der Waals surface area contributed by atoms with Crippen LogP contribution in [0.15, 0.2) is 24.3 Å². The summed E-state index contributed by atoms with van der Waals surface area (Å²) in [5, 5.41) is 9.74. The van der Waals surface area contributed by atoms with E-state index < -0.39 is 5.60 Å². The van der Waals surface area contributed by atoms with Crippen molar-refractivity contribution in [3.05, 3.63) is 30.1 Å². The summed E-state index contributed by atoms with van der Waals surface area (Å²) in [6.07, 6.45) is 0.224. The maximum absolute atomic E-state index is 12.7. The van der Waals surface area contributed by atoms with Gasteiger partial charge in [0.15, 0.2) is 0 Å². The minimum atomic E-state index is -0.913. The highest BCUT2D eigenvalue weighted by Gasteiger charge is 2.20. The Morgan fingerprint density at radius 3 is 2.45 bits per heavy atom. The van der Waals surface area contributed by atoms with Crippen LogP contribution in [0.2, 0.25) is 0 Å². The van der Waals surface area contributed by atoms with Gasteiger partial charge in [-0.25, -0.2) is 4.39 Å². The van der Waals surface area contributed by atoms with Crippen LogP contribution in [-0.4, -0.2) is 41.2 Å². The van der Waals surface area contributed by atoms with Crippen molar-refractivity contribution >= 4 is 5.91 Å². The van der Waals surface area contributed by atoms with Gasteiger partial charge in [-0.2, -0.15) is 0 Å². The zero-order chi connectivity index (χ0) is 15.2. The first-order chi connectivity index (χ1) is 9.31. The average molecular weight is 283 g/mol. The minimum absolute atomic E-state index is 0.0725. The predicted molar refractivity (Wildman–Crippen MR) is 75.1 cm³/mol. The molecule has 5 heteroatoms. The van der Waals surface area contributed by atoms with E-state index >= 15 is 0 Å². The quantitative estimate of drug-likeness (QED) is 0.834. The fourth-order valence-electron chi connectivity index (χ4n) is 1.79. The number of halogens is 1. The van der Waals surface area contributed by atoms with Crippen molar-refractivity contribution in [1.82, 2.24) is 4.90 Å². The van der Waals surface area contributed by atoms with Crippen molar-refractivity contribution in [3.8, 4) is 5.75 Å². The van der Waals surface area contributed by atoms with Crippen molar-refractivity contribution in [2.45, 2.75) is 32.8 Å². The summed E-state index contributed by atoms with van der Waals surface area (Å²) in [6.45, 7) is 6.26. The van der Waals surface area contributed by atoms with Gasteiger partial charge in [0, 0.05) is 13.1 Å². The third-order valence-electron chi connectivity index (χ3n) is 2.71. The fraction of sp³-hybridized carbons (Fsp3) is 0.533. The van der Waals surface area contributed by atoms with E-state index in [0.717, 1.165) is 0 Å². The molecule has 0 aliphatic rings. The molecule has 1 rings (SSSR count). The number of carbonyl (C=O) groups excluding carboxylic acids is 1. The first-order valence-electron chi connectivity index (χ1n) is 6.70. The van der Waals surface area contributed by atoms with Gasteiger partial charge >= 0.3 is 0 Å². The lowest BCUT2D eigenvalue weighted by Gasteiger charge is -2.28. The summed E-state index contributed by atoms with van der Waals surface area (Å²) in [7, 11) is 0. The van der Waals surface area contributed by atoms with Crippen LogP contribution in [0.25, 0.3) is 0 Å². The van der Waals surface area contributed by atoms with Crippen molar-refractivity contribution in [2.75, 3.05) is 19.7 Å². The zero-order valence-electron chi connectivity index (χ0n) is 12.2. The summed E-state index contributed by atoms with van der Waals surface area (Å²) in [6, 6.07) is 5.66. The second-order valence-electron chi connectivity index (χ2n) is 5.27. The fourth-order valence-corrected chi connectivity index (χ4v) is 1.79. The number of rotatable bonds is 7. The second kappa shape index (κ2) is 7.24. The van der Waals surface area contributed by atoms with Gasteiger partial charge in [0.05, 0.1) is 18.6 Å². The first kappa shape index (κ1) is 16.4. The van der Waals surface area contributed by atoms with Crippen molar-refractivity contribution in [2.24, 2.45) is 0 Å². The molecule has 0 spiro atoms. The molecule has 0 saturated heterocycles. The van der Waals surface area contributed by atoms with Gasteiger partial charge in [-0.05, 0) is 45.0 Å². The maximum atomic E-state index is 12.7. The van der Waals surface area contributed by atoms with Gasteiger partial charge in [0.2, 0.25) is 5.91 Å². The number of benzene rings is 1. The smallest absolute Gasteiger partial charge is 0.226 e.